The van der Waals surface area contributed by atoms with Crippen molar-refractivity contribution >= 4 is 0 Å². The summed E-state index contributed by atoms with van der Waals surface area (Å²) in [6.45, 7) is 3.30. The maximum absolute atomic E-state index is 5.70. The molecule has 2 nitrogen and oxygen atoms in total. The predicted octanol–water partition coefficient (Wildman–Crippen LogP) is 1.94. The highest BCUT2D eigenvalue weighted by Gasteiger charge is 2.48. The molecule has 2 heteroatoms. The molecule has 2 atom stereocenters. The van der Waals surface area contributed by atoms with Crippen molar-refractivity contribution in [3.8, 4) is 0 Å². The molecule has 1 saturated heterocycles. The van der Waals surface area contributed by atoms with Crippen LogP contribution in [0.25, 0.3) is 0 Å². The van der Waals surface area contributed by atoms with Gasteiger partial charge in [-0.05, 0) is 51.5 Å². The molecule has 2 fully saturated rings. The molecule has 1 aliphatic carbocycles. The van der Waals surface area contributed by atoms with Crippen LogP contribution in [0.3, 0.4) is 0 Å². The summed E-state index contributed by atoms with van der Waals surface area (Å²) < 4.78 is 5.70. The van der Waals surface area contributed by atoms with Crippen molar-refractivity contribution in [2.24, 2.45) is 5.41 Å². The number of ether oxygens (including phenoxy) is 1. The van der Waals surface area contributed by atoms with Gasteiger partial charge in [-0.2, -0.15) is 0 Å². The van der Waals surface area contributed by atoms with Crippen LogP contribution in [0, 0.1) is 5.41 Å². The minimum Gasteiger partial charge on any atom is -0.378 e. The van der Waals surface area contributed by atoms with Crippen molar-refractivity contribution in [2.45, 2.75) is 51.2 Å². The van der Waals surface area contributed by atoms with Crippen LogP contribution in [-0.4, -0.2) is 25.8 Å². The van der Waals surface area contributed by atoms with Crippen molar-refractivity contribution in [3.63, 3.8) is 0 Å². The van der Waals surface area contributed by atoms with Gasteiger partial charge in [0.1, 0.15) is 0 Å². The zero-order valence-corrected chi connectivity index (χ0v) is 8.81. The Labute approximate surface area is 81.0 Å². The van der Waals surface area contributed by atoms with Crippen LogP contribution >= 0.6 is 0 Å². The zero-order valence-electron chi connectivity index (χ0n) is 8.81. The normalized spacial score (nSPS) is 33.2. The molecule has 13 heavy (non-hydrogen) atoms. The van der Waals surface area contributed by atoms with Gasteiger partial charge in [-0.25, -0.2) is 0 Å². The summed E-state index contributed by atoms with van der Waals surface area (Å²) >= 11 is 0. The van der Waals surface area contributed by atoms with Crippen molar-refractivity contribution in [2.75, 3.05) is 13.7 Å². The molecule has 1 aliphatic heterocycles. The van der Waals surface area contributed by atoms with Gasteiger partial charge in [0.25, 0.3) is 0 Å². The van der Waals surface area contributed by atoms with Crippen molar-refractivity contribution in [1.82, 2.24) is 5.32 Å². The van der Waals surface area contributed by atoms with Gasteiger partial charge in [-0.1, -0.05) is 0 Å². The van der Waals surface area contributed by atoms with E-state index in [0.29, 0.717) is 17.6 Å². The Morgan fingerprint density at radius 3 is 2.77 bits per heavy atom. The molecule has 1 heterocycles. The maximum Gasteiger partial charge on any atom is 0.0581 e. The van der Waals surface area contributed by atoms with Crippen molar-refractivity contribution in [1.29, 1.82) is 0 Å². The van der Waals surface area contributed by atoms with Crippen LogP contribution in [-0.2, 0) is 4.74 Å². The lowest BCUT2D eigenvalue weighted by molar-refractivity contribution is 0.0792. The standard InChI is InChI=1S/C11H21NO/c1-9(12-2)11(5-6-11)8-10-4-3-7-13-10/h9-10,12H,3-8H2,1-2H3. The predicted molar refractivity (Wildman–Crippen MR) is 53.8 cm³/mol. The third-order valence-electron chi connectivity index (χ3n) is 3.90. The van der Waals surface area contributed by atoms with Crippen LogP contribution in [0.15, 0.2) is 0 Å². The van der Waals surface area contributed by atoms with Crippen LogP contribution in [0.4, 0.5) is 0 Å². The molecule has 0 bridgehead atoms. The van der Waals surface area contributed by atoms with E-state index in [0.717, 1.165) is 6.61 Å². The van der Waals surface area contributed by atoms with E-state index < -0.39 is 0 Å². The second-order valence-corrected chi connectivity index (χ2v) is 4.71. The molecule has 0 radical (unpaired) electrons. The Morgan fingerprint density at radius 2 is 2.31 bits per heavy atom. The smallest absolute Gasteiger partial charge is 0.0581 e. The second-order valence-electron chi connectivity index (χ2n) is 4.71. The third kappa shape index (κ3) is 1.89. The molecule has 76 valence electrons. The molecule has 0 aromatic rings. The minimum atomic E-state index is 0.568. The minimum absolute atomic E-state index is 0.568. The molecule has 2 unspecified atom stereocenters. The monoisotopic (exact) mass is 183 g/mol. The Bertz CT molecular complexity index is 171. The van der Waals surface area contributed by atoms with Gasteiger partial charge in [0, 0.05) is 12.6 Å². The second kappa shape index (κ2) is 3.58. The summed E-state index contributed by atoms with van der Waals surface area (Å²) in [5.41, 5.74) is 0.587. The summed E-state index contributed by atoms with van der Waals surface area (Å²) in [5, 5.41) is 3.39. The maximum atomic E-state index is 5.70. The molecule has 1 saturated carbocycles. The lowest BCUT2D eigenvalue weighted by atomic mass is 9.90. The molecule has 1 N–H and O–H groups in total. The van der Waals surface area contributed by atoms with Crippen LogP contribution in [0.2, 0.25) is 0 Å². The summed E-state index contributed by atoms with van der Waals surface area (Å²) in [6, 6.07) is 0.664. The molecule has 0 aromatic heterocycles. The van der Waals surface area contributed by atoms with Gasteiger partial charge in [0.15, 0.2) is 0 Å². The van der Waals surface area contributed by atoms with E-state index in [-0.39, 0.29) is 0 Å². The van der Waals surface area contributed by atoms with Gasteiger partial charge in [0.05, 0.1) is 6.10 Å². The number of hydrogen-bond donors (Lipinski definition) is 1. The highest BCUT2D eigenvalue weighted by molar-refractivity contribution is 5.01. The lowest BCUT2D eigenvalue weighted by Gasteiger charge is -2.25. The van der Waals surface area contributed by atoms with E-state index in [1.807, 2.05) is 0 Å². The first-order valence-electron chi connectivity index (χ1n) is 5.56. The first kappa shape index (κ1) is 9.47. The average molecular weight is 183 g/mol. The van der Waals surface area contributed by atoms with Gasteiger partial charge >= 0.3 is 0 Å². The topological polar surface area (TPSA) is 21.3 Å². The van der Waals surface area contributed by atoms with Gasteiger partial charge < -0.3 is 10.1 Å². The summed E-state index contributed by atoms with van der Waals surface area (Å²) in [4.78, 5) is 0. The molecular weight excluding hydrogens is 162 g/mol. The fraction of sp³-hybridized carbons (Fsp3) is 1.00. The number of hydrogen-bond acceptors (Lipinski definition) is 2. The molecular formula is C11H21NO. The molecule has 2 aliphatic rings. The highest BCUT2D eigenvalue weighted by atomic mass is 16.5. The Balaban J connectivity index is 1.85. The van der Waals surface area contributed by atoms with Gasteiger partial charge in [0.2, 0.25) is 0 Å². The third-order valence-corrected chi connectivity index (χ3v) is 3.90. The van der Waals surface area contributed by atoms with E-state index in [1.165, 1.54) is 32.1 Å². The quantitative estimate of drug-likeness (QED) is 0.719. The molecule has 0 aromatic carbocycles. The SMILES string of the molecule is CNC(C)C1(CC2CCCO2)CC1. The van der Waals surface area contributed by atoms with Gasteiger partial charge in [-0.3, -0.25) is 0 Å². The van der Waals surface area contributed by atoms with Crippen LogP contribution in [0.1, 0.15) is 39.0 Å². The fourth-order valence-electron chi connectivity index (χ4n) is 2.54. The Kier molecular flexibility index (Phi) is 2.61. The van der Waals surface area contributed by atoms with Crippen LogP contribution < -0.4 is 5.32 Å². The van der Waals surface area contributed by atoms with Crippen molar-refractivity contribution < 1.29 is 4.74 Å². The first-order valence-corrected chi connectivity index (χ1v) is 5.56. The summed E-state index contributed by atoms with van der Waals surface area (Å²) in [6.07, 6.45) is 7.21. The van der Waals surface area contributed by atoms with E-state index in [2.05, 4.69) is 19.3 Å². The van der Waals surface area contributed by atoms with E-state index >= 15 is 0 Å². The van der Waals surface area contributed by atoms with Crippen LogP contribution in [0.5, 0.6) is 0 Å². The van der Waals surface area contributed by atoms with Crippen molar-refractivity contribution in [3.05, 3.63) is 0 Å². The fourth-order valence-corrected chi connectivity index (χ4v) is 2.54. The number of rotatable bonds is 4. The molecule has 0 spiro atoms. The van der Waals surface area contributed by atoms with Gasteiger partial charge in [-0.15, -0.1) is 0 Å². The first-order chi connectivity index (χ1) is 6.27. The molecule has 2 rings (SSSR count). The zero-order chi connectivity index (χ0) is 9.31. The Hall–Kier alpha value is -0.0800. The Morgan fingerprint density at radius 1 is 1.54 bits per heavy atom. The summed E-state index contributed by atoms with van der Waals surface area (Å²) in [5.74, 6) is 0. The number of nitrogens with one attached hydrogen (secondary N) is 1. The molecule has 0 amide bonds. The highest BCUT2D eigenvalue weighted by Crippen LogP contribution is 2.53. The van der Waals surface area contributed by atoms with E-state index in [1.54, 1.807) is 0 Å². The summed E-state index contributed by atoms with van der Waals surface area (Å²) in [7, 11) is 2.07. The van der Waals surface area contributed by atoms with E-state index in [4.69, 9.17) is 4.74 Å². The largest absolute Gasteiger partial charge is 0.378 e. The van der Waals surface area contributed by atoms with E-state index in [9.17, 15) is 0 Å². The average Bonchev–Trinajstić information content (AvgIpc) is 2.73. The lowest BCUT2D eigenvalue weighted by Crippen LogP contribution is -2.34.